The van der Waals surface area contributed by atoms with Crippen LogP contribution in [-0.4, -0.2) is 137 Å². The molecule has 0 rings (SSSR count). The van der Waals surface area contributed by atoms with E-state index in [1.54, 1.807) is 0 Å². The highest BCUT2D eigenvalue weighted by Crippen LogP contribution is 2.36. The lowest BCUT2D eigenvalue weighted by molar-refractivity contribution is -0.151. The molecule has 0 unspecified atom stereocenters. The van der Waals surface area contributed by atoms with Gasteiger partial charge in [0.05, 0.1) is 106 Å². The summed E-state index contributed by atoms with van der Waals surface area (Å²) in [6, 6.07) is 0. The predicted octanol–water partition coefficient (Wildman–Crippen LogP) is 2.10. The summed E-state index contributed by atoms with van der Waals surface area (Å²) in [5, 5.41) is 8.63. The van der Waals surface area contributed by atoms with Crippen molar-refractivity contribution in [3.63, 3.8) is 0 Å². The minimum atomic E-state index is -1.71. The zero-order valence-electron chi connectivity index (χ0n) is 25.6. The lowest BCUT2D eigenvalue weighted by Gasteiger charge is -2.36. The third-order valence-electron chi connectivity index (χ3n) is 6.01. The van der Waals surface area contributed by atoms with Crippen LogP contribution in [0.3, 0.4) is 0 Å². The van der Waals surface area contributed by atoms with Gasteiger partial charge in [0.25, 0.3) is 0 Å². The molecular formula is C27H52O13Si. The first-order valence-corrected chi connectivity index (χ1v) is 17.0. The summed E-state index contributed by atoms with van der Waals surface area (Å²) in [6.07, 6.45) is -0.650. The van der Waals surface area contributed by atoms with Crippen molar-refractivity contribution in [2.45, 2.75) is 51.7 Å². The van der Waals surface area contributed by atoms with E-state index in [0.717, 1.165) is 0 Å². The van der Waals surface area contributed by atoms with Gasteiger partial charge in [-0.25, -0.2) is 4.79 Å². The van der Waals surface area contributed by atoms with Crippen LogP contribution >= 0.6 is 0 Å². The molecule has 14 heteroatoms. The fourth-order valence-electron chi connectivity index (χ4n) is 2.60. The van der Waals surface area contributed by atoms with Crippen molar-refractivity contribution in [2.75, 3.05) is 106 Å². The summed E-state index contributed by atoms with van der Waals surface area (Å²) in [4.78, 5) is 32.6. The maximum atomic E-state index is 11.3. The Morgan fingerprint density at radius 2 is 0.854 bits per heavy atom. The molecule has 0 aromatic carbocycles. The van der Waals surface area contributed by atoms with E-state index in [2.05, 4.69) is 33.9 Å². The molecule has 0 saturated carbocycles. The average molecular weight is 613 g/mol. The number of ether oxygens (including phenoxy) is 8. The molecule has 0 saturated heterocycles. The Kier molecular flexibility index (Phi) is 24.1. The second kappa shape index (κ2) is 25.0. The normalized spacial score (nSPS) is 12.0. The first-order valence-electron chi connectivity index (χ1n) is 14.1. The number of carbonyl (C=O) groups excluding carboxylic acids is 2. The zero-order valence-corrected chi connectivity index (χ0v) is 26.6. The number of carbonyl (C=O) groups is 3. The van der Waals surface area contributed by atoms with Crippen LogP contribution in [0.15, 0.2) is 0 Å². The fourth-order valence-corrected chi connectivity index (χ4v) is 3.63. The Labute approximate surface area is 245 Å². The van der Waals surface area contributed by atoms with Gasteiger partial charge in [0.15, 0.2) is 8.32 Å². The van der Waals surface area contributed by atoms with Gasteiger partial charge < -0.3 is 47.4 Å². The van der Waals surface area contributed by atoms with E-state index in [1.165, 1.54) is 0 Å². The summed E-state index contributed by atoms with van der Waals surface area (Å²) in [7, 11) is -1.71. The Bertz CT molecular complexity index is 683. The van der Waals surface area contributed by atoms with Crippen LogP contribution in [-0.2, 0) is 56.7 Å². The molecule has 0 aliphatic heterocycles. The van der Waals surface area contributed by atoms with Gasteiger partial charge in [-0.15, -0.1) is 0 Å². The highest BCUT2D eigenvalue weighted by molar-refractivity contribution is 6.74. The van der Waals surface area contributed by atoms with E-state index < -0.39 is 26.0 Å². The molecule has 13 nitrogen and oxygen atoms in total. The molecule has 0 amide bonds. The van der Waals surface area contributed by atoms with Gasteiger partial charge in [-0.3, -0.25) is 9.59 Å². The minimum Gasteiger partial charge on any atom is -0.476 e. The van der Waals surface area contributed by atoms with Gasteiger partial charge in [0.1, 0.15) is 6.61 Å². The van der Waals surface area contributed by atoms with Gasteiger partial charge in [0, 0.05) is 6.42 Å². The quantitative estimate of drug-likeness (QED) is 0.0568. The Balaban J connectivity index is 3.23. The molecule has 0 spiro atoms. The lowest BCUT2D eigenvalue weighted by Crippen LogP contribution is -2.41. The molecule has 0 aliphatic rings. The number of Topliss-reactive ketones (excluding diaryl/α,β-unsaturated/α-hetero) is 1. The second-order valence-electron chi connectivity index (χ2n) is 10.3. The molecule has 0 aliphatic carbocycles. The van der Waals surface area contributed by atoms with Crippen LogP contribution < -0.4 is 0 Å². The molecule has 0 heterocycles. The van der Waals surface area contributed by atoms with E-state index in [4.69, 9.17) is 47.4 Å². The standard InChI is InChI=1S/C27H52O13Si/c1-27(2,3)41(4,5)40-23-21-38-19-17-36-15-13-34-11-9-32-8-10-33-12-14-35-16-18-37-20-22-39-25(29)7-6-24(28)26(30)31/h6-23H2,1-5H3,(H,30,31). The van der Waals surface area contributed by atoms with Crippen molar-refractivity contribution >= 4 is 26.0 Å². The van der Waals surface area contributed by atoms with Crippen molar-refractivity contribution in [3.05, 3.63) is 0 Å². The molecule has 1 N–H and O–H groups in total. The van der Waals surface area contributed by atoms with E-state index in [9.17, 15) is 14.4 Å². The maximum absolute atomic E-state index is 11.3. The number of hydrogen-bond donors (Lipinski definition) is 1. The Morgan fingerprint density at radius 1 is 0.537 bits per heavy atom. The molecular weight excluding hydrogens is 560 g/mol. The van der Waals surface area contributed by atoms with Gasteiger partial charge in [-0.1, -0.05) is 20.8 Å². The maximum Gasteiger partial charge on any atom is 0.372 e. The number of carboxylic acid groups (broad SMARTS) is 1. The number of aliphatic carboxylic acids is 1. The molecule has 0 bridgehead atoms. The third kappa shape index (κ3) is 24.8. The first kappa shape index (κ1) is 39.5. The number of rotatable bonds is 29. The van der Waals surface area contributed by atoms with Crippen LogP contribution in [0.25, 0.3) is 0 Å². The predicted molar refractivity (Wildman–Crippen MR) is 152 cm³/mol. The fraction of sp³-hybridized carbons (Fsp3) is 0.889. The number of hydrogen-bond acceptors (Lipinski definition) is 12. The number of ketones is 1. The van der Waals surface area contributed by atoms with Crippen molar-refractivity contribution in [3.8, 4) is 0 Å². The van der Waals surface area contributed by atoms with Gasteiger partial charge in [-0.05, 0) is 18.1 Å². The first-order chi connectivity index (χ1) is 19.5. The largest absolute Gasteiger partial charge is 0.476 e. The third-order valence-corrected chi connectivity index (χ3v) is 10.6. The van der Waals surface area contributed by atoms with Crippen molar-refractivity contribution < 1.29 is 61.8 Å². The topological polar surface area (TPSA) is 155 Å². The van der Waals surface area contributed by atoms with Gasteiger partial charge in [0.2, 0.25) is 5.78 Å². The molecule has 0 atom stereocenters. The summed E-state index contributed by atoms with van der Waals surface area (Å²) in [6.45, 7) is 18.0. The van der Waals surface area contributed by atoms with Crippen LogP contribution in [0, 0.1) is 0 Å². The zero-order chi connectivity index (χ0) is 30.8. The Morgan fingerprint density at radius 3 is 1.17 bits per heavy atom. The molecule has 41 heavy (non-hydrogen) atoms. The van der Waals surface area contributed by atoms with E-state index in [0.29, 0.717) is 92.5 Å². The van der Waals surface area contributed by atoms with Crippen LogP contribution in [0.5, 0.6) is 0 Å². The lowest BCUT2D eigenvalue weighted by atomic mass is 10.2. The van der Waals surface area contributed by atoms with Crippen LogP contribution in [0.2, 0.25) is 18.1 Å². The van der Waals surface area contributed by atoms with Crippen molar-refractivity contribution in [1.82, 2.24) is 0 Å². The molecule has 0 aromatic rings. The highest BCUT2D eigenvalue weighted by Gasteiger charge is 2.36. The molecule has 242 valence electrons. The second-order valence-corrected chi connectivity index (χ2v) is 15.2. The molecule has 0 fully saturated rings. The smallest absolute Gasteiger partial charge is 0.372 e. The summed E-state index contributed by atoms with van der Waals surface area (Å²) in [5.41, 5.74) is 0. The average Bonchev–Trinajstić information content (AvgIpc) is 2.90. The van der Waals surface area contributed by atoms with Gasteiger partial charge >= 0.3 is 11.9 Å². The van der Waals surface area contributed by atoms with Crippen LogP contribution in [0.4, 0.5) is 0 Å². The Hall–Kier alpha value is -1.49. The van der Waals surface area contributed by atoms with E-state index >= 15 is 0 Å². The van der Waals surface area contributed by atoms with E-state index in [1.807, 2.05) is 0 Å². The SMILES string of the molecule is CC(C)(C)[Si](C)(C)OCCOCCOCCOCCOCCOCCOCCOCCOC(=O)CCC(=O)C(=O)O. The monoisotopic (exact) mass is 612 g/mol. The number of carboxylic acids is 1. The highest BCUT2D eigenvalue weighted by atomic mass is 28.4. The van der Waals surface area contributed by atoms with Crippen molar-refractivity contribution in [2.24, 2.45) is 0 Å². The van der Waals surface area contributed by atoms with E-state index in [-0.39, 0.29) is 31.1 Å². The number of esters is 1. The minimum absolute atomic E-state index is 0.0199. The summed E-state index contributed by atoms with van der Waals surface area (Å²) in [5.74, 6) is -3.23. The molecule has 0 aromatic heterocycles. The van der Waals surface area contributed by atoms with Crippen LogP contribution in [0.1, 0.15) is 33.6 Å². The summed E-state index contributed by atoms with van der Waals surface area (Å²) >= 11 is 0. The summed E-state index contributed by atoms with van der Waals surface area (Å²) < 4.78 is 48.8. The van der Waals surface area contributed by atoms with Crippen molar-refractivity contribution in [1.29, 1.82) is 0 Å². The molecule has 0 radical (unpaired) electrons. The van der Waals surface area contributed by atoms with Gasteiger partial charge in [-0.2, -0.15) is 0 Å².